The first-order valence-electron chi connectivity index (χ1n) is 4.84. The van der Waals surface area contributed by atoms with Crippen molar-refractivity contribution in [1.82, 2.24) is 0 Å². The largest absolute Gasteiger partial charge is 0.469 e. The second kappa shape index (κ2) is 6.61. The lowest BCUT2D eigenvalue weighted by atomic mass is 10.0. The van der Waals surface area contributed by atoms with Gasteiger partial charge in [0, 0.05) is 6.04 Å². The second-order valence-electron chi connectivity index (χ2n) is 3.51. The van der Waals surface area contributed by atoms with Gasteiger partial charge in [0.05, 0.1) is 19.1 Å². The molecule has 1 rings (SSSR count). The van der Waals surface area contributed by atoms with Gasteiger partial charge >= 0.3 is 12.1 Å². The van der Waals surface area contributed by atoms with Crippen LogP contribution in [0, 0.1) is 0 Å². The van der Waals surface area contributed by atoms with Crippen molar-refractivity contribution in [2.24, 2.45) is 5.73 Å². The Kier molecular flexibility index (Phi) is 6.14. The Hall–Kier alpha value is -1.27. The summed E-state index contributed by atoms with van der Waals surface area (Å²) in [4.78, 5) is 10.9. The first-order valence-corrected chi connectivity index (χ1v) is 4.84. The van der Waals surface area contributed by atoms with Crippen molar-refractivity contribution in [3.8, 4) is 0 Å². The Balaban J connectivity index is 0.00000289. The summed E-state index contributed by atoms with van der Waals surface area (Å²) in [5.74, 6) is -0.502. The highest BCUT2D eigenvalue weighted by atomic mass is 35.5. The van der Waals surface area contributed by atoms with Gasteiger partial charge in [-0.15, -0.1) is 12.4 Å². The van der Waals surface area contributed by atoms with Crippen molar-refractivity contribution in [2.45, 2.75) is 18.6 Å². The lowest BCUT2D eigenvalue weighted by Crippen LogP contribution is -2.16. The van der Waals surface area contributed by atoms with Crippen molar-refractivity contribution in [3.05, 3.63) is 35.4 Å². The summed E-state index contributed by atoms with van der Waals surface area (Å²) in [6.45, 7) is 0. The molecule has 0 saturated heterocycles. The van der Waals surface area contributed by atoms with Gasteiger partial charge in [-0.25, -0.2) is 0 Å². The van der Waals surface area contributed by atoms with Crippen LogP contribution in [-0.2, 0) is 15.7 Å². The van der Waals surface area contributed by atoms with E-state index < -0.39 is 23.8 Å². The maximum atomic E-state index is 12.3. The molecule has 0 aliphatic carbocycles. The minimum Gasteiger partial charge on any atom is -0.469 e. The summed E-state index contributed by atoms with van der Waals surface area (Å²) < 4.78 is 41.3. The van der Waals surface area contributed by atoms with Gasteiger partial charge in [-0.1, -0.05) is 12.1 Å². The molecule has 1 atom stereocenters. The predicted molar refractivity (Wildman–Crippen MR) is 62.3 cm³/mol. The van der Waals surface area contributed by atoms with E-state index in [1.54, 1.807) is 0 Å². The molecular formula is C11H13ClF3NO2. The lowest BCUT2D eigenvalue weighted by Gasteiger charge is -2.12. The number of hydrogen-bond acceptors (Lipinski definition) is 3. The normalized spacial score (nSPS) is 12.5. The zero-order valence-corrected chi connectivity index (χ0v) is 10.3. The van der Waals surface area contributed by atoms with E-state index in [1.807, 2.05) is 0 Å². The smallest absolute Gasteiger partial charge is 0.416 e. The van der Waals surface area contributed by atoms with E-state index in [9.17, 15) is 18.0 Å². The van der Waals surface area contributed by atoms with Crippen LogP contribution in [0.15, 0.2) is 24.3 Å². The fourth-order valence-corrected chi connectivity index (χ4v) is 1.30. The average Bonchev–Trinajstić information content (AvgIpc) is 2.27. The van der Waals surface area contributed by atoms with Crippen molar-refractivity contribution >= 4 is 18.4 Å². The molecule has 0 amide bonds. The Bertz CT molecular complexity index is 392. The molecule has 2 N–H and O–H groups in total. The van der Waals surface area contributed by atoms with E-state index in [-0.39, 0.29) is 18.8 Å². The Morgan fingerprint density at radius 2 is 1.83 bits per heavy atom. The van der Waals surface area contributed by atoms with Crippen LogP contribution in [0.2, 0.25) is 0 Å². The highest BCUT2D eigenvalue weighted by molar-refractivity contribution is 5.85. The zero-order chi connectivity index (χ0) is 13.1. The number of halogens is 4. The summed E-state index contributed by atoms with van der Waals surface area (Å²) in [7, 11) is 1.22. The summed E-state index contributed by atoms with van der Waals surface area (Å²) in [5, 5.41) is 0. The highest BCUT2D eigenvalue weighted by Crippen LogP contribution is 2.29. The number of carbonyl (C=O) groups is 1. The molecule has 1 aromatic carbocycles. The first kappa shape index (κ1) is 16.7. The average molecular weight is 284 g/mol. The molecule has 102 valence electrons. The number of nitrogens with two attached hydrogens (primary N) is 1. The molecule has 0 spiro atoms. The molecule has 0 unspecified atom stereocenters. The third-order valence-corrected chi connectivity index (χ3v) is 2.28. The summed E-state index contributed by atoms with van der Waals surface area (Å²) in [6.07, 6.45) is -4.44. The Morgan fingerprint density at radius 1 is 1.33 bits per heavy atom. The standard InChI is InChI=1S/C11H12F3NO2.ClH/c1-17-10(16)6-9(15)7-2-4-8(5-3-7)11(12,13)14;/h2-5,9H,6,15H2,1H3;1H/t9-;/m1./s1. The molecule has 0 aromatic heterocycles. The number of benzene rings is 1. The van der Waals surface area contributed by atoms with Crippen LogP contribution in [0.4, 0.5) is 13.2 Å². The molecule has 0 aliphatic heterocycles. The van der Waals surface area contributed by atoms with Gasteiger partial charge in [-0.05, 0) is 17.7 Å². The lowest BCUT2D eigenvalue weighted by molar-refractivity contribution is -0.141. The third-order valence-electron chi connectivity index (χ3n) is 2.28. The van der Waals surface area contributed by atoms with E-state index in [4.69, 9.17) is 5.73 Å². The number of ether oxygens (including phenoxy) is 1. The minimum absolute atomic E-state index is 0. The maximum Gasteiger partial charge on any atom is 0.416 e. The van der Waals surface area contributed by atoms with E-state index in [2.05, 4.69) is 4.74 Å². The quantitative estimate of drug-likeness (QED) is 0.868. The highest BCUT2D eigenvalue weighted by Gasteiger charge is 2.30. The van der Waals surface area contributed by atoms with Gasteiger partial charge in [0.2, 0.25) is 0 Å². The number of esters is 1. The molecule has 3 nitrogen and oxygen atoms in total. The van der Waals surface area contributed by atoms with Crippen molar-refractivity contribution in [2.75, 3.05) is 7.11 Å². The third kappa shape index (κ3) is 4.54. The van der Waals surface area contributed by atoms with Crippen LogP contribution in [0.3, 0.4) is 0 Å². The Morgan fingerprint density at radius 3 is 2.22 bits per heavy atom. The minimum atomic E-state index is -4.37. The van der Waals surface area contributed by atoms with Crippen LogP contribution in [-0.4, -0.2) is 13.1 Å². The van der Waals surface area contributed by atoms with Gasteiger partial charge < -0.3 is 10.5 Å². The SMILES string of the molecule is COC(=O)C[C@@H](N)c1ccc(C(F)(F)F)cc1.Cl. The van der Waals surface area contributed by atoms with Crippen LogP contribution in [0.5, 0.6) is 0 Å². The predicted octanol–water partition coefficient (Wildman–Crippen LogP) is 2.69. The molecule has 0 fully saturated rings. The number of carbonyl (C=O) groups excluding carboxylic acids is 1. The molecule has 0 radical (unpaired) electrons. The van der Waals surface area contributed by atoms with Gasteiger partial charge in [0.15, 0.2) is 0 Å². The van der Waals surface area contributed by atoms with E-state index in [0.717, 1.165) is 12.1 Å². The molecule has 0 bridgehead atoms. The number of rotatable bonds is 3. The van der Waals surface area contributed by atoms with Gasteiger partial charge in [-0.3, -0.25) is 4.79 Å². The maximum absolute atomic E-state index is 12.3. The fraction of sp³-hybridized carbons (Fsp3) is 0.364. The monoisotopic (exact) mass is 283 g/mol. The molecule has 0 saturated carbocycles. The summed E-state index contributed by atoms with van der Waals surface area (Å²) in [6, 6.07) is 3.73. The topological polar surface area (TPSA) is 52.3 Å². The second-order valence-corrected chi connectivity index (χ2v) is 3.51. The molecular weight excluding hydrogens is 271 g/mol. The first-order chi connectivity index (χ1) is 7.84. The van der Waals surface area contributed by atoms with Gasteiger partial charge in [0.25, 0.3) is 0 Å². The zero-order valence-electron chi connectivity index (χ0n) is 9.53. The number of hydrogen-bond donors (Lipinski definition) is 1. The molecule has 0 heterocycles. The van der Waals surface area contributed by atoms with Crippen LogP contribution < -0.4 is 5.73 Å². The Labute approximate surface area is 109 Å². The summed E-state index contributed by atoms with van der Waals surface area (Å²) in [5.41, 5.74) is 5.37. The van der Waals surface area contributed by atoms with E-state index >= 15 is 0 Å². The molecule has 0 aliphatic rings. The fourth-order valence-electron chi connectivity index (χ4n) is 1.30. The number of methoxy groups -OCH3 is 1. The van der Waals surface area contributed by atoms with Crippen LogP contribution in [0.25, 0.3) is 0 Å². The van der Waals surface area contributed by atoms with Crippen molar-refractivity contribution in [3.63, 3.8) is 0 Å². The van der Waals surface area contributed by atoms with Crippen LogP contribution in [0.1, 0.15) is 23.6 Å². The van der Waals surface area contributed by atoms with Crippen molar-refractivity contribution in [1.29, 1.82) is 0 Å². The summed E-state index contributed by atoms with van der Waals surface area (Å²) >= 11 is 0. The van der Waals surface area contributed by atoms with E-state index in [1.165, 1.54) is 19.2 Å². The van der Waals surface area contributed by atoms with Gasteiger partial charge in [0.1, 0.15) is 0 Å². The van der Waals surface area contributed by atoms with E-state index in [0.29, 0.717) is 5.56 Å². The molecule has 1 aromatic rings. The van der Waals surface area contributed by atoms with Crippen LogP contribution >= 0.6 is 12.4 Å². The molecule has 18 heavy (non-hydrogen) atoms. The molecule has 7 heteroatoms. The van der Waals surface area contributed by atoms with Gasteiger partial charge in [-0.2, -0.15) is 13.2 Å². The van der Waals surface area contributed by atoms with Crippen molar-refractivity contribution < 1.29 is 22.7 Å². The number of alkyl halides is 3.